The lowest BCUT2D eigenvalue weighted by Gasteiger charge is -2.32. The third-order valence-electron chi connectivity index (χ3n) is 3.45. The van der Waals surface area contributed by atoms with Gasteiger partial charge in [0.05, 0.1) is 18.6 Å². The number of ether oxygens (including phenoxy) is 2. The zero-order valence-electron chi connectivity index (χ0n) is 11.8. The maximum absolute atomic E-state index is 11.7. The molecule has 1 aliphatic heterocycles. The molecule has 1 aliphatic rings. The number of hydrogen-bond acceptors (Lipinski definition) is 4. The lowest BCUT2D eigenvalue weighted by molar-refractivity contribution is -0.124. The highest BCUT2D eigenvalue weighted by Gasteiger charge is 2.29. The van der Waals surface area contributed by atoms with Crippen molar-refractivity contribution in [3.05, 3.63) is 28.7 Å². The summed E-state index contributed by atoms with van der Waals surface area (Å²) in [7, 11) is 0. The number of nitrogens with one attached hydrogen (secondary N) is 1. The summed E-state index contributed by atoms with van der Waals surface area (Å²) in [4.78, 5) is 11.7. The molecule has 1 fully saturated rings. The van der Waals surface area contributed by atoms with Crippen LogP contribution in [-0.4, -0.2) is 43.0 Å². The van der Waals surface area contributed by atoms with E-state index >= 15 is 0 Å². The van der Waals surface area contributed by atoms with Crippen molar-refractivity contribution >= 4 is 21.8 Å². The summed E-state index contributed by atoms with van der Waals surface area (Å²) >= 11 is 3.35. The molecule has 0 radical (unpaired) electrons. The van der Waals surface area contributed by atoms with Crippen molar-refractivity contribution in [1.82, 2.24) is 5.32 Å². The Kier molecular flexibility index (Phi) is 6.02. The summed E-state index contributed by atoms with van der Waals surface area (Å²) in [6, 6.07) is 7.45. The van der Waals surface area contributed by atoms with E-state index in [1.807, 2.05) is 24.3 Å². The molecular formula is C15H20BrNO4. The van der Waals surface area contributed by atoms with Gasteiger partial charge in [0.2, 0.25) is 5.91 Å². The Balaban J connectivity index is 1.64. The number of hydrogen-bond donors (Lipinski definition) is 2. The first-order valence-corrected chi connectivity index (χ1v) is 7.82. The summed E-state index contributed by atoms with van der Waals surface area (Å²) in [5, 5.41) is 13.0. The molecule has 0 atom stereocenters. The lowest BCUT2D eigenvalue weighted by Crippen LogP contribution is -2.46. The lowest BCUT2D eigenvalue weighted by atomic mass is 9.94. The van der Waals surface area contributed by atoms with Gasteiger partial charge in [0.1, 0.15) is 5.75 Å². The molecule has 1 amide bonds. The van der Waals surface area contributed by atoms with Gasteiger partial charge in [-0.3, -0.25) is 4.79 Å². The van der Waals surface area contributed by atoms with Crippen LogP contribution < -0.4 is 10.1 Å². The molecule has 1 saturated heterocycles. The number of halogens is 1. The Bertz CT molecular complexity index is 457. The fourth-order valence-corrected chi connectivity index (χ4v) is 2.34. The van der Waals surface area contributed by atoms with Crippen molar-refractivity contribution in [2.24, 2.45) is 0 Å². The minimum absolute atomic E-state index is 0.118. The van der Waals surface area contributed by atoms with Crippen molar-refractivity contribution in [1.29, 1.82) is 0 Å². The fourth-order valence-electron chi connectivity index (χ4n) is 2.07. The van der Waals surface area contributed by atoms with E-state index in [0.717, 1.165) is 10.2 Å². The Morgan fingerprint density at radius 3 is 2.67 bits per heavy atom. The molecule has 1 aromatic carbocycles. The highest BCUT2D eigenvalue weighted by molar-refractivity contribution is 9.10. The first-order valence-electron chi connectivity index (χ1n) is 7.03. The van der Waals surface area contributed by atoms with Crippen LogP contribution in [0, 0.1) is 0 Å². The number of amides is 1. The predicted octanol–water partition coefficient (Wildman–Crippen LogP) is 1.88. The second-order valence-corrected chi connectivity index (χ2v) is 6.08. The third kappa shape index (κ3) is 5.65. The molecule has 2 N–H and O–H groups in total. The normalized spacial score (nSPS) is 17.2. The van der Waals surface area contributed by atoms with Crippen LogP contribution in [0.1, 0.15) is 19.3 Å². The van der Waals surface area contributed by atoms with Crippen molar-refractivity contribution in [3.8, 4) is 5.75 Å². The smallest absolute Gasteiger partial charge is 0.223 e. The number of carbonyl (C=O) groups excluding carboxylic acids is 1. The molecule has 0 unspecified atom stereocenters. The largest absolute Gasteiger partial charge is 0.493 e. The number of carbonyl (C=O) groups is 1. The summed E-state index contributed by atoms with van der Waals surface area (Å²) in [5.41, 5.74) is -0.833. The van der Waals surface area contributed by atoms with Gasteiger partial charge >= 0.3 is 0 Å². The summed E-state index contributed by atoms with van der Waals surface area (Å²) < 4.78 is 11.7. The Hall–Kier alpha value is -1.11. The Morgan fingerprint density at radius 2 is 2.00 bits per heavy atom. The van der Waals surface area contributed by atoms with E-state index < -0.39 is 5.60 Å². The molecule has 1 aromatic rings. The van der Waals surface area contributed by atoms with E-state index in [-0.39, 0.29) is 18.9 Å². The number of rotatable bonds is 6. The van der Waals surface area contributed by atoms with Crippen LogP contribution in [0.4, 0.5) is 0 Å². The zero-order valence-corrected chi connectivity index (χ0v) is 13.4. The topological polar surface area (TPSA) is 67.8 Å². The van der Waals surface area contributed by atoms with E-state index in [0.29, 0.717) is 32.7 Å². The van der Waals surface area contributed by atoms with Crippen molar-refractivity contribution < 1.29 is 19.4 Å². The van der Waals surface area contributed by atoms with Gasteiger partial charge in [-0.05, 0) is 24.3 Å². The minimum Gasteiger partial charge on any atom is -0.493 e. The summed E-state index contributed by atoms with van der Waals surface area (Å²) in [6.45, 7) is 1.67. The van der Waals surface area contributed by atoms with Crippen molar-refractivity contribution in [2.45, 2.75) is 24.9 Å². The van der Waals surface area contributed by atoms with Crippen LogP contribution in [-0.2, 0) is 9.53 Å². The summed E-state index contributed by atoms with van der Waals surface area (Å²) in [6.07, 6.45) is 1.38. The van der Waals surface area contributed by atoms with Gasteiger partial charge < -0.3 is 19.9 Å². The maximum atomic E-state index is 11.7. The Morgan fingerprint density at radius 1 is 1.33 bits per heavy atom. The second-order valence-electron chi connectivity index (χ2n) is 5.17. The first kappa shape index (κ1) is 16.3. The molecule has 1 heterocycles. The van der Waals surface area contributed by atoms with Crippen LogP contribution in [0.2, 0.25) is 0 Å². The maximum Gasteiger partial charge on any atom is 0.223 e. The average molecular weight is 358 g/mol. The Labute approximate surface area is 132 Å². The SMILES string of the molecule is O=C(CCOc1ccc(Br)cc1)NCC1(O)CCOCC1. The molecule has 116 valence electrons. The van der Waals surface area contributed by atoms with Crippen molar-refractivity contribution in [3.63, 3.8) is 0 Å². The van der Waals surface area contributed by atoms with Gasteiger partial charge in [-0.1, -0.05) is 15.9 Å². The fraction of sp³-hybridized carbons (Fsp3) is 0.533. The molecule has 5 nitrogen and oxygen atoms in total. The monoisotopic (exact) mass is 357 g/mol. The van der Waals surface area contributed by atoms with Gasteiger partial charge in [0.25, 0.3) is 0 Å². The second kappa shape index (κ2) is 7.77. The minimum atomic E-state index is -0.833. The molecule has 6 heteroatoms. The quantitative estimate of drug-likeness (QED) is 0.815. The van der Waals surface area contributed by atoms with E-state index in [9.17, 15) is 9.90 Å². The van der Waals surface area contributed by atoms with Crippen molar-refractivity contribution in [2.75, 3.05) is 26.4 Å². The van der Waals surface area contributed by atoms with Crippen LogP contribution in [0.5, 0.6) is 5.75 Å². The van der Waals surface area contributed by atoms with E-state index in [4.69, 9.17) is 9.47 Å². The van der Waals surface area contributed by atoms with E-state index in [1.165, 1.54) is 0 Å². The zero-order chi connectivity index (χ0) is 15.1. The molecular weight excluding hydrogens is 338 g/mol. The number of aliphatic hydroxyl groups is 1. The summed E-state index contributed by atoms with van der Waals surface area (Å²) in [5.74, 6) is 0.612. The van der Waals surface area contributed by atoms with Crippen LogP contribution in [0.3, 0.4) is 0 Å². The highest BCUT2D eigenvalue weighted by Crippen LogP contribution is 2.19. The molecule has 0 bridgehead atoms. The molecule has 0 saturated carbocycles. The average Bonchev–Trinajstić information content (AvgIpc) is 2.48. The molecule has 2 rings (SSSR count). The van der Waals surface area contributed by atoms with Crippen LogP contribution in [0.25, 0.3) is 0 Å². The van der Waals surface area contributed by atoms with Gasteiger partial charge in [-0.15, -0.1) is 0 Å². The van der Waals surface area contributed by atoms with Crippen LogP contribution >= 0.6 is 15.9 Å². The molecule has 21 heavy (non-hydrogen) atoms. The number of benzene rings is 1. The first-order chi connectivity index (χ1) is 10.1. The van der Waals surface area contributed by atoms with Gasteiger partial charge in [0.15, 0.2) is 0 Å². The molecule has 0 aliphatic carbocycles. The van der Waals surface area contributed by atoms with E-state index in [2.05, 4.69) is 21.2 Å². The van der Waals surface area contributed by atoms with Gasteiger partial charge in [-0.2, -0.15) is 0 Å². The highest BCUT2D eigenvalue weighted by atomic mass is 79.9. The third-order valence-corrected chi connectivity index (χ3v) is 3.98. The molecule has 0 spiro atoms. The van der Waals surface area contributed by atoms with Crippen LogP contribution in [0.15, 0.2) is 28.7 Å². The van der Waals surface area contributed by atoms with Gasteiger partial charge in [-0.25, -0.2) is 0 Å². The van der Waals surface area contributed by atoms with Gasteiger partial charge in [0, 0.05) is 37.1 Å². The standard InChI is InChI=1S/C15H20BrNO4/c16-12-1-3-13(4-2-12)21-8-5-14(18)17-11-15(19)6-9-20-10-7-15/h1-4,19H,5-11H2,(H,17,18). The predicted molar refractivity (Wildman–Crippen MR) is 82.3 cm³/mol. The van der Waals surface area contributed by atoms with E-state index in [1.54, 1.807) is 0 Å². The molecule has 0 aromatic heterocycles.